The van der Waals surface area contributed by atoms with Gasteiger partial charge in [0.1, 0.15) is 24.2 Å². The zero-order valence-electron chi connectivity index (χ0n) is 23.0. The number of carbonyl (C=O) groups excluding carboxylic acids is 2. The highest BCUT2D eigenvalue weighted by Gasteiger charge is 2.37. The molecule has 3 aliphatic rings. The van der Waals surface area contributed by atoms with E-state index in [4.69, 9.17) is 24.4 Å². The molecule has 40 heavy (non-hydrogen) atoms. The Bertz CT molecular complexity index is 1430. The molecule has 0 unspecified atom stereocenters. The molecule has 0 radical (unpaired) electrons. The molecule has 2 amide bonds. The second-order valence-corrected chi connectivity index (χ2v) is 11.1. The fraction of sp³-hybridized carbons (Fsp3) is 0.452. The van der Waals surface area contributed by atoms with Crippen molar-refractivity contribution in [1.29, 1.82) is 0 Å². The third kappa shape index (κ3) is 5.24. The Kier molecular flexibility index (Phi) is 7.12. The summed E-state index contributed by atoms with van der Waals surface area (Å²) < 4.78 is 24.1. The summed E-state index contributed by atoms with van der Waals surface area (Å²) in [7, 11) is 0. The van der Waals surface area contributed by atoms with Crippen LogP contribution in [0.3, 0.4) is 0 Å². The van der Waals surface area contributed by atoms with E-state index >= 15 is 0 Å². The Morgan fingerprint density at radius 3 is 2.62 bits per heavy atom. The van der Waals surface area contributed by atoms with E-state index in [1.54, 1.807) is 13.8 Å². The van der Waals surface area contributed by atoms with Gasteiger partial charge in [0.25, 0.3) is 5.91 Å². The number of rotatable bonds is 6. The van der Waals surface area contributed by atoms with Crippen molar-refractivity contribution in [3.8, 4) is 17.2 Å². The minimum absolute atomic E-state index is 0.190. The topological polar surface area (TPSA) is 117 Å². The highest BCUT2D eigenvalue weighted by Crippen LogP contribution is 2.41. The number of aromatic nitrogens is 1. The quantitative estimate of drug-likeness (QED) is 0.472. The standard InChI is InChI=1S/C31H35N3O6/c1-18-29(33-19(2)39-18)31(36)34-15-23-14-27-26(13-22(23)12-25(34)30(32)35)38-17-28(40-27)21-9-6-10-24(11-21)37-16-20-7-4-3-5-8-20/h6,9-11,13-14,20,25,28H,3-5,7-8,12,15-17H2,1-2H3,(H2,32,35)/t25-,28+/m0/s1. The third-order valence-corrected chi connectivity index (χ3v) is 8.19. The first-order valence-corrected chi connectivity index (χ1v) is 14.1. The number of nitrogens with zero attached hydrogens (tertiary/aromatic N) is 2. The molecule has 6 rings (SSSR count). The molecular formula is C31H35N3O6. The van der Waals surface area contributed by atoms with Crippen molar-refractivity contribution in [2.75, 3.05) is 13.2 Å². The molecule has 0 bridgehead atoms. The van der Waals surface area contributed by atoms with Gasteiger partial charge in [-0.05, 0) is 66.6 Å². The molecule has 9 heteroatoms. The number of nitrogens with two attached hydrogens (primary N) is 1. The maximum absolute atomic E-state index is 13.4. The average molecular weight is 546 g/mol. The SMILES string of the molecule is Cc1nc(C(=O)N2Cc3cc4c(cc3C[C@H]2C(N)=O)OC[C@H](c2cccc(OCC3CCCCC3)c2)O4)c(C)o1. The van der Waals surface area contributed by atoms with Gasteiger partial charge >= 0.3 is 0 Å². The predicted molar refractivity (Wildman–Crippen MR) is 146 cm³/mol. The summed E-state index contributed by atoms with van der Waals surface area (Å²) in [6, 6.07) is 11.0. The molecule has 1 fully saturated rings. The molecule has 2 aromatic carbocycles. The van der Waals surface area contributed by atoms with Gasteiger partial charge in [-0.2, -0.15) is 0 Å². The molecule has 3 heterocycles. The Balaban J connectivity index is 1.20. The van der Waals surface area contributed by atoms with Crippen LogP contribution in [0.1, 0.15) is 77.0 Å². The van der Waals surface area contributed by atoms with Crippen LogP contribution in [0.15, 0.2) is 40.8 Å². The van der Waals surface area contributed by atoms with Gasteiger partial charge in [-0.3, -0.25) is 9.59 Å². The van der Waals surface area contributed by atoms with Crippen LogP contribution in [0.5, 0.6) is 17.2 Å². The van der Waals surface area contributed by atoms with Crippen molar-refractivity contribution >= 4 is 11.8 Å². The number of hydrogen-bond donors (Lipinski definition) is 1. The van der Waals surface area contributed by atoms with E-state index in [2.05, 4.69) is 4.98 Å². The van der Waals surface area contributed by atoms with Crippen molar-refractivity contribution in [2.45, 2.75) is 71.1 Å². The molecule has 2 atom stereocenters. The number of hydrogen-bond acceptors (Lipinski definition) is 7. The third-order valence-electron chi connectivity index (χ3n) is 8.19. The first-order valence-electron chi connectivity index (χ1n) is 14.1. The Morgan fingerprint density at radius 2 is 1.88 bits per heavy atom. The Hall–Kier alpha value is -4.01. The number of benzene rings is 2. The number of amides is 2. The summed E-state index contributed by atoms with van der Waals surface area (Å²) >= 11 is 0. The van der Waals surface area contributed by atoms with Gasteiger partial charge in [0.05, 0.1) is 6.61 Å². The highest BCUT2D eigenvalue weighted by atomic mass is 16.6. The molecule has 3 aromatic rings. The van der Waals surface area contributed by atoms with Crippen LogP contribution in [0, 0.1) is 19.8 Å². The number of primary amides is 1. The zero-order chi connectivity index (χ0) is 27.8. The summed E-state index contributed by atoms with van der Waals surface area (Å²) in [6.45, 7) is 4.66. The Morgan fingerprint density at radius 1 is 1.07 bits per heavy atom. The molecule has 2 aliphatic heterocycles. The molecule has 0 saturated heterocycles. The van der Waals surface area contributed by atoms with Gasteiger partial charge in [-0.1, -0.05) is 31.4 Å². The fourth-order valence-electron chi connectivity index (χ4n) is 6.02. The van der Waals surface area contributed by atoms with Crippen LogP contribution < -0.4 is 19.9 Å². The summed E-state index contributed by atoms with van der Waals surface area (Å²) in [5.41, 5.74) is 8.67. The summed E-state index contributed by atoms with van der Waals surface area (Å²) in [5, 5.41) is 0. The van der Waals surface area contributed by atoms with Gasteiger partial charge in [0, 0.05) is 19.9 Å². The van der Waals surface area contributed by atoms with E-state index in [1.165, 1.54) is 37.0 Å². The summed E-state index contributed by atoms with van der Waals surface area (Å²) in [4.78, 5) is 31.5. The minimum atomic E-state index is -0.803. The molecule has 9 nitrogen and oxygen atoms in total. The summed E-state index contributed by atoms with van der Waals surface area (Å²) in [6.07, 6.45) is 6.37. The van der Waals surface area contributed by atoms with E-state index in [-0.39, 0.29) is 30.7 Å². The maximum Gasteiger partial charge on any atom is 0.277 e. The van der Waals surface area contributed by atoms with Gasteiger partial charge in [-0.25, -0.2) is 4.98 Å². The maximum atomic E-state index is 13.4. The van der Waals surface area contributed by atoms with Crippen LogP contribution >= 0.6 is 0 Å². The van der Waals surface area contributed by atoms with E-state index in [0.717, 1.165) is 29.0 Å². The zero-order valence-corrected chi connectivity index (χ0v) is 23.0. The highest BCUT2D eigenvalue weighted by molar-refractivity contribution is 5.97. The van der Waals surface area contributed by atoms with Crippen LogP contribution in [0.4, 0.5) is 0 Å². The van der Waals surface area contributed by atoms with Gasteiger partial charge < -0.3 is 29.3 Å². The van der Waals surface area contributed by atoms with Gasteiger partial charge in [0.2, 0.25) is 5.91 Å². The van der Waals surface area contributed by atoms with Crippen molar-refractivity contribution in [2.24, 2.45) is 11.7 Å². The second kappa shape index (κ2) is 10.9. The lowest BCUT2D eigenvalue weighted by Gasteiger charge is -2.36. The average Bonchev–Trinajstić information content (AvgIpc) is 3.31. The molecule has 1 aromatic heterocycles. The van der Waals surface area contributed by atoms with E-state index in [9.17, 15) is 9.59 Å². The van der Waals surface area contributed by atoms with Crippen molar-refractivity contribution < 1.29 is 28.2 Å². The first kappa shape index (κ1) is 26.2. The fourth-order valence-corrected chi connectivity index (χ4v) is 6.02. The lowest BCUT2D eigenvalue weighted by atomic mass is 9.90. The number of fused-ring (bicyclic) bond motifs is 2. The van der Waals surface area contributed by atoms with Crippen LogP contribution in [0.2, 0.25) is 0 Å². The normalized spacial score (nSPS) is 20.6. The Labute approximate surface area is 233 Å². The lowest BCUT2D eigenvalue weighted by Crippen LogP contribution is -2.51. The minimum Gasteiger partial charge on any atom is -0.493 e. The molecule has 0 spiro atoms. The van der Waals surface area contributed by atoms with Crippen LogP contribution in [-0.4, -0.2) is 41.0 Å². The van der Waals surface area contributed by atoms with Crippen molar-refractivity contribution in [3.05, 3.63) is 70.4 Å². The lowest BCUT2D eigenvalue weighted by molar-refractivity contribution is -0.122. The first-order chi connectivity index (χ1) is 19.4. The van der Waals surface area contributed by atoms with E-state index < -0.39 is 11.9 Å². The largest absolute Gasteiger partial charge is 0.493 e. The predicted octanol–water partition coefficient (Wildman–Crippen LogP) is 4.82. The van der Waals surface area contributed by atoms with Crippen molar-refractivity contribution in [1.82, 2.24) is 9.88 Å². The van der Waals surface area contributed by atoms with Gasteiger partial charge in [-0.15, -0.1) is 0 Å². The van der Waals surface area contributed by atoms with Crippen LogP contribution in [0.25, 0.3) is 0 Å². The van der Waals surface area contributed by atoms with Crippen LogP contribution in [-0.2, 0) is 17.8 Å². The second-order valence-electron chi connectivity index (χ2n) is 11.1. The van der Waals surface area contributed by atoms with E-state index in [1.807, 2.05) is 36.4 Å². The molecule has 2 N–H and O–H groups in total. The van der Waals surface area contributed by atoms with E-state index in [0.29, 0.717) is 35.7 Å². The summed E-state index contributed by atoms with van der Waals surface area (Å²) in [5.74, 6) is 2.52. The number of oxazole rings is 1. The number of aryl methyl sites for hydroxylation is 2. The number of carbonyl (C=O) groups is 2. The molecule has 1 aliphatic carbocycles. The van der Waals surface area contributed by atoms with Gasteiger partial charge in [0.15, 0.2) is 29.2 Å². The molecular weight excluding hydrogens is 510 g/mol. The molecule has 1 saturated carbocycles. The van der Waals surface area contributed by atoms with Crippen molar-refractivity contribution in [3.63, 3.8) is 0 Å². The smallest absolute Gasteiger partial charge is 0.277 e. The monoisotopic (exact) mass is 545 g/mol. The molecule has 210 valence electrons. The number of ether oxygens (including phenoxy) is 3.